The molecule has 262 valence electrons. The van der Waals surface area contributed by atoms with Crippen LogP contribution in [0, 0.1) is 11.8 Å². The molecular weight excluding hydrogens is 638 g/mol. The van der Waals surface area contributed by atoms with E-state index in [1.165, 1.54) is 0 Å². The minimum absolute atomic E-state index is 0.0197. The molecule has 0 aliphatic carbocycles. The number of nitrogens with two attached hydrogens (primary N) is 1. The number of hydrogen-bond acceptors (Lipinski definition) is 9. The quantitative estimate of drug-likeness (QED) is 0.189. The molecule has 6 N–H and O–H groups in total. The Labute approximate surface area is 290 Å². The number of rotatable bonds is 6. The third-order valence-corrected chi connectivity index (χ3v) is 8.68. The monoisotopic (exact) mass is 681 g/mol. The van der Waals surface area contributed by atoms with Crippen LogP contribution in [0.25, 0.3) is 21.8 Å². The molecule has 0 fully saturated rings. The van der Waals surface area contributed by atoms with Gasteiger partial charge in [0.1, 0.15) is 22.5 Å². The second-order valence-electron chi connectivity index (χ2n) is 13.4. The van der Waals surface area contributed by atoms with E-state index in [4.69, 9.17) is 5.73 Å². The van der Waals surface area contributed by atoms with Gasteiger partial charge in [0, 0.05) is 10.8 Å². The highest BCUT2D eigenvalue weighted by atomic mass is 16.4. The maximum absolute atomic E-state index is 12.3. The van der Waals surface area contributed by atoms with Crippen molar-refractivity contribution >= 4 is 57.2 Å². The average molecular weight is 682 g/mol. The molecule has 2 amide bonds. The summed E-state index contributed by atoms with van der Waals surface area (Å²) in [6.45, 7) is 15.0. The smallest absolute Gasteiger partial charge is 0.338 e. The number of aromatic nitrogens is 2. The molecule has 0 spiro atoms. The Hall–Kier alpha value is -5.56. The van der Waals surface area contributed by atoms with Crippen LogP contribution in [0.4, 0.5) is 0 Å². The van der Waals surface area contributed by atoms with Crippen molar-refractivity contribution in [1.29, 1.82) is 0 Å². The van der Waals surface area contributed by atoms with Gasteiger partial charge in [-0.05, 0) is 56.0 Å². The van der Waals surface area contributed by atoms with Crippen LogP contribution in [0.1, 0.15) is 87.5 Å². The van der Waals surface area contributed by atoms with Crippen molar-refractivity contribution < 1.29 is 29.4 Å². The molecule has 0 saturated carbocycles. The van der Waals surface area contributed by atoms with Gasteiger partial charge in [-0.3, -0.25) is 9.59 Å². The van der Waals surface area contributed by atoms with E-state index in [1.807, 2.05) is 65.8 Å². The van der Waals surface area contributed by atoms with Gasteiger partial charge in [0.05, 0.1) is 22.2 Å². The normalized spacial score (nSPS) is 19.8. The number of carboxylic acid groups (broad SMARTS) is 2. The van der Waals surface area contributed by atoms with E-state index in [-0.39, 0.29) is 57.8 Å². The van der Waals surface area contributed by atoms with Crippen molar-refractivity contribution in [2.45, 2.75) is 72.5 Å². The molecule has 4 aromatic rings. The predicted molar refractivity (Wildman–Crippen MR) is 193 cm³/mol. The summed E-state index contributed by atoms with van der Waals surface area (Å²) in [5.74, 6) is -2.30. The van der Waals surface area contributed by atoms with Crippen LogP contribution >= 0.6 is 0 Å². The minimum atomic E-state index is -1.10. The zero-order chi connectivity index (χ0) is 37.1. The second-order valence-corrected chi connectivity index (χ2v) is 13.4. The Morgan fingerprint density at radius 1 is 0.660 bits per heavy atom. The van der Waals surface area contributed by atoms with Gasteiger partial charge < -0.3 is 26.6 Å². The van der Waals surface area contributed by atoms with E-state index >= 15 is 0 Å². The average Bonchev–Trinajstić information content (AvgIpc) is 3.55. The Bertz CT molecular complexity index is 1910. The summed E-state index contributed by atoms with van der Waals surface area (Å²) in [5.41, 5.74) is 5.01. The number of fused-ring (bicyclic) bond motifs is 2. The zero-order valence-corrected chi connectivity index (χ0v) is 29.4. The first-order valence-corrected chi connectivity index (χ1v) is 16.2. The highest BCUT2D eigenvalue weighted by molar-refractivity contribution is 6.19. The molecule has 2 aliphatic heterocycles. The number of amidine groups is 2. The second kappa shape index (κ2) is 14.5. The lowest BCUT2D eigenvalue weighted by Crippen LogP contribution is -2.41. The standard InChI is InChI=1S/2C17H17N3O3.C3H9N/c2*1-9(2)17(3)16(23)19-14(20-17)13-11(15(21)22)8-10-6-4-5-7-12(10)18-13;1-3(2)4/h2*4-9H,1-3H3,(H,21,22)(H,19,20,23);3H,4H2,1-2H3. The molecular formula is C37H43N7O6. The maximum atomic E-state index is 12.3. The Morgan fingerprint density at radius 2 is 0.980 bits per heavy atom. The number of benzene rings is 2. The lowest BCUT2D eigenvalue weighted by molar-refractivity contribution is -0.125. The number of carbonyl (C=O) groups is 4. The first-order valence-electron chi connectivity index (χ1n) is 16.2. The number of nitrogens with one attached hydrogen (secondary N) is 2. The number of hydrogen-bond donors (Lipinski definition) is 5. The van der Waals surface area contributed by atoms with Gasteiger partial charge in [0.2, 0.25) is 0 Å². The van der Waals surface area contributed by atoms with Gasteiger partial charge in [0.25, 0.3) is 11.8 Å². The molecule has 2 atom stereocenters. The fourth-order valence-corrected chi connectivity index (χ4v) is 5.02. The molecule has 0 radical (unpaired) electrons. The maximum Gasteiger partial charge on any atom is 0.338 e. The first kappa shape index (κ1) is 37.3. The van der Waals surface area contributed by atoms with Gasteiger partial charge in [0.15, 0.2) is 11.7 Å². The Kier molecular flexibility index (Phi) is 10.8. The van der Waals surface area contributed by atoms with Crippen LogP contribution in [0.2, 0.25) is 0 Å². The number of carbonyl (C=O) groups excluding carboxylic acids is 2. The fourth-order valence-electron chi connectivity index (χ4n) is 5.02. The third kappa shape index (κ3) is 7.52. The van der Waals surface area contributed by atoms with Crippen LogP contribution < -0.4 is 16.4 Å². The number of carboxylic acids is 2. The van der Waals surface area contributed by atoms with E-state index in [0.29, 0.717) is 17.1 Å². The lowest BCUT2D eigenvalue weighted by Gasteiger charge is -2.21. The SMILES string of the molecule is CC(C)C1(C)N=C(c2nc3ccccc3cc2C(=O)O)NC1=O.CC(C)C1(C)N=C(c2nc3ccccc3cc2C(=O)O)NC1=O.CC(C)N. The molecule has 2 unspecified atom stereocenters. The van der Waals surface area contributed by atoms with Gasteiger partial charge in [-0.1, -0.05) is 77.9 Å². The zero-order valence-electron chi connectivity index (χ0n) is 29.4. The molecule has 2 aromatic heterocycles. The highest BCUT2D eigenvalue weighted by Gasteiger charge is 2.44. The largest absolute Gasteiger partial charge is 0.478 e. The highest BCUT2D eigenvalue weighted by Crippen LogP contribution is 2.29. The summed E-state index contributed by atoms with van der Waals surface area (Å²) in [4.78, 5) is 65.4. The van der Waals surface area contributed by atoms with Crippen LogP contribution in [-0.4, -0.2) is 72.7 Å². The molecule has 0 bridgehead atoms. The van der Waals surface area contributed by atoms with Crippen molar-refractivity contribution in [1.82, 2.24) is 20.6 Å². The summed E-state index contributed by atoms with van der Waals surface area (Å²) in [7, 11) is 0. The van der Waals surface area contributed by atoms with Crippen molar-refractivity contribution in [3.05, 3.63) is 83.2 Å². The van der Waals surface area contributed by atoms with E-state index < -0.39 is 23.0 Å². The molecule has 13 heteroatoms. The van der Waals surface area contributed by atoms with E-state index in [2.05, 4.69) is 30.6 Å². The molecule has 13 nitrogen and oxygen atoms in total. The van der Waals surface area contributed by atoms with Crippen molar-refractivity contribution in [2.24, 2.45) is 27.6 Å². The predicted octanol–water partition coefficient (Wildman–Crippen LogP) is 4.80. The van der Waals surface area contributed by atoms with E-state index in [0.717, 1.165) is 10.8 Å². The van der Waals surface area contributed by atoms with Crippen LogP contribution in [0.5, 0.6) is 0 Å². The summed E-state index contributed by atoms with van der Waals surface area (Å²) in [5, 5.41) is 25.8. The summed E-state index contributed by atoms with van der Waals surface area (Å²) < 4.78 is 0. The van der Waals surface area contributed by atoms with Crippen molar-refractivity contribution in [3.63, 3.8) is 0 Å². The van der Waals surface area contributed by atoms with Crippen LogP contribution in [0.3, 0.4) is 0 Å². The Morgan fingerprint density at radius 3 is 1.26 bits per heavy atom. The number of nitrogens with zero attached hydrogens (tertiary/aromatic N) is 4. The van der Waals surface area contributed by atoms with Gasteiger partial charge >= 0.3 is 11.9 Å². The summed E-state index contributed by atoms with van der Waals surface area (Å²) in [6, 6.07) is 17.9. The number of aliphatic imine (C=N–C) groups is 2. The fraction of sp³-hybridized carbons (Fsp3) is 0.351. The summed E-state index contributed by atoms with van der Waals surface area (Å²) in [6.07, 6.45) is 0. The topological polar surface area (TPSA) is 209 Å². The van der Waals surface area contributed by atoms with E-state index in [9.17, 15) is 29.4 Å². The Balaban J connectivity index is 0.000000203. The number of pyridine rings is 2. The lowest BCUT2D eigenvalue weighted by atomic mass is 9.89. The van der Waals surface area contributed by atoms with Crippen LogP contribution in [-0.2, 0) is 9.59 Å². The van der Waals surface area contributed by atoms with Crippen molar-refractivity contribution in [2.75, 3.05) is 0 Å². The van der Waals surface area contributed by atoms with Gasteiger partial charge in [-0.2, -0.15) is 0 Å². The number of para-hydroxylation sites is 2. The van der Waals surface area contributed by atoms with Crippen LogP contribution in [0.15, 0.2) is 70.6 Å². The first-order chi connectivity index (χ1) is 23.4. The third-order valence-electron chi connectivity index (χ3n) is 8.68. The molecule has 50 heavy (non-hydrogen) atoms. The molecule has 4 heterocycles. The van der Waals surface area contributed by atoms with Gasteiger partial charge in [-0.15, -0.1) is 0 Å². The van der Waals surface area contributed by atoms with Crippen molar-refractivity contribution in [3.8, 4) is 0 Å². The molecule has 2 aliphatic rings. The number of amides is 2. The number of aromatic carboxylic acids is 2. The van der Waals surface area contributed by atoms with E-state index in [1.54, 1.807) is 50.2 Å². The molecule has 2 aromatic carbocycles. The molecule has 6 rings (SSSR count). The minimum Gasteiger partial charge on any atom is -0.478 e. The summed E-state index contributed by atoms with van der Waals surface area (Å²) >= 11 is 0. The van der Waals surface area contributed by atoms with Gasteiger partial charge in [-0.25, -0.2) is 29.5 Å². The molecule has 0 saturated heterocycles.